The molecule has 0 unspecified atom stereocenters. The van der Waals surface area contributed by atoms with Gasteiger partial charge in [0.15, 0.2) is 5.82 Å². The highest BCUT2D eigenvalue weighted by atomic mass is 35.5. The smallest absolute Gasteiger partial charge is 0.181 e. The maximum absolute atomic E-state index is 6.47. The van der Waals surface area contributed by atoms with Crippen LogP contribution in [-0.2, 0) is 24.2 Å². The van der Waals surface area contributed by atoms with Crippen LogP contribution >= 0.6 is 11.6 Å². The molecule has 0 bridgehead atoms. The monoisotopic (exact) mass is 527 g/mol. The molecule has 8 nitrogen and oxygen atoms in total. The van der Waals surface area contributed by atoms with Gasteiger partial charge in [0.1, 0.15) is 11.0 Å². The van der Waals surface area contributed by atoms with E-state index in [1.165, 1.54) is 5.56 Å². The van der Waals surface area contributed by atoms with Gasteiger partial charge in [-0.15, -0.1) is 0 Å². The Morgan fingerprint density at radius 1 is 0.921 bits per heavy atom. The summed E-state index contributed by atoms with van der Waals surface area (Å²) >= 11 is 6.47. The molecule has 1 saturated heterocycles. The Labute approximate surface area is 226 Å². The van der Waals surface area contributed by atoms with Gasteiger partial charge in [-0.05, 0) is 36.2 Å². The molecule has 38 heavy (non-hydrogen) atoms. The van der Waals surface area contributed by atoms with Crippen LogP contribution in [0.3, 0.4) is 0 Å². The van der Waals surface area contributed by atoms with Crippen molar-refractivity contribution in [2.24, 2.45) is 0 Å². The molecule has 0 amide bonds. The van der Waals surface area contributed by atoms with Crippen LogP contribution in [0.5, 0.6) is 0 Å². The lowest BCUT2D eigenvalue weighted by atomic mass is 10.1. The third-order valence-electron chi connectivity index (χ3n) is 6.99. The Kier molecular flexibility index (Phi) is 7.18. The number of fused-ring (bicyclic) bond motifs is 1. The SMILES string of the molecule is Cc1ccc(Cc2nc(-c3ccc(Cn4cnc5ccccc54)cc3)nn2CCN2CCOCC2)c(Cl)n1. The van der Waals surface area contributed by atoms with Gasteiger partial charge in [0.25, 0.3) is 0 Å². The maximum Gasteiger partial charge on any atom is 0.181 e. The molecule has 5 aromatic rings. The second-order valence-corrected chi connectivity index (χ2v) is 10.0. The minimum Gasteiger partial charge on any atom is -0.379 e. The van der Waals surface area contributed by atoms with Crippen molar-refractivity contribution in [2.75, 3.05) is 32.8 Å². The molecular weight excluding hydrogens is 498 g/mol. The molecule has 0 atom stereocenters. The zero-order valence-corrected chi connectivity index (χ0v) is 22.2. The van der Waals surface area contributed by atoms with E-state index in [1.54, 1.807) is 0 Å². The molecule has 0 spiro atoms. The predicted molar refractivity (Wildman–Crippen MR) is 148 cm³/mol. The fourth-order valence-electron chi connectivity index (χ4n) is 4.82. The highest BCUT2D eigenvalue weighted by molar-refractivity contribution is 6.30. The van der Waals surface area contributed by atoms with Crippen molar-refractivity contribution >= 4 is 22.6 Å². The second kappa shape index (κ2) is 11.0. The molecule has 9 heteroatoms. The summed E-state index contributed by atoms with van der Waals surface area (Å²) in [5, 5.41) is 5.44. The molecule has 194 valence electrons. The average molecular weight is 528 g/mol. The number of para-hydroxylation sites is 2. The largest absolute Gasteiger partial charge is 0.379 e. The Balaban J connectivity index is 1.24. The van der Waals surface area contributed by atoms with E-state index in [0.717, 1.165) is 85.4 Å². The third-order valence-corrected chi connectivity index (χ3v) is 7.31. The number of ether oxygens (including phenoxy) is 1. The lowest BCUT2D eigenvalue weighted by Crippen LogP contribution is -2.38. The molecule has 0 aliphatic carbocycles. The normalized spacial score (nSPS) is 14.4. The fourth-order valence-corrected chi connectivity index (χ4v) is 5.08. The zero-order chi connectivity index (χ0) is 25.9. The number of pyridine rings is 1. The quantitative estimate of drug-likeness (QED) is 0.274. The molecule has 1 fully saturated rings. The van der Waals surface area contributed by atoms with Crippen molar-refractivity contribution in [2.45, 2.75) is 26.4 Å². The Morgan fingerprint density at radius 2 is 1.74 bits per heavy atom. The Hall–Kier alpha value is -3.59. The number of nitrogens with zero attached hydrogens (tertiary/aromatic N) is 7. The topological polar surface area (TPSA) is 73.9 Å². The molecule has 3 aromatic heterocycles. The number of hydrogen-bond acceptors (Lipinski definition) is 6. The molecule has 1 aliphatic heterocycles. The van der Waals surface area contributed by atoms with Crippen LogP contribution in [0.2, 0.25) is 5.15 Å². The number of aromatic nitrogens is 6. The number of halogens is 1. The standard InChI is InChI=1S/C29H30ClN7O/c1-21-6-9-24(28(30)32-21)18-27-33-29(34-37(27)13-12-35-14-16-38-17-15-35)23-10-7-22(8-11-23)19-36-20-31-25-4-2-3-5-26(25)36/h2-11,20H,12-19H2,1H3. The molecule has 4 heterocycles. The van der Waals surface area contributed by atoms with Gasteiger partial charge in [-0.25, -0.2) is 19.6 Å². The minimum atomic E-state index is 0.519. The van der Waals surface area contributed by atoms with Gasteiger partial charge in [-0.3, -0.25) is 4.90 Å². The van der Waals surface area contributed by atoms with Gasteiger partial charge >= 0.3 is 0 Å². The zero-order valence-electron chi connectivity index (χ0n) is 21.4. The molecular formula is C29H30ClN7O. The van der Waals surface area contributed by atoms with Crippen molar-refractivity contribution < 1.29 is 4.74 Å². The van der Waals surface area contributed by atoms with E-state index in [9.17, 15) is 0 Å². The van der Waals surface area contributed by atoms with Crippen LogP contribution in [0.1, 0.15) is 22.6 Å². The summed E-state index contributed by atoms with van der Waals surface area (Å²) in [5.74, 6) is 1.60. The van der Waals surface area contributed by atoms with Gasteiger partial charge < -0.3 is 9.30 Å². The maximum atomic E-state index is 6.47. The lowest BCUT2D eigenvalue weighted by Gasteiger charge is -2.26. The predicted octanol–water partition coefficient (Wildman–Crippen LogP) is 4.62. The first-order valence-electron chi connectivity index (χ1n) is 13.0. The first kappa shape index (κ1) is 24.7. The summed E-state index contributed by atoms with van der Waals surface area (Å²) < 4.78 is 9.69. The Bertz CT molecular complexity index is 1540. The first-order valence-corrected chi connectivity index (χ1v) is 13.4. The minimum absolute atomic E-state index is 0.519. The molecule has 0 radical (unpaired) electrons. The lowest BCUT2D eigenvalue weighted by molar-refractivity contribution is 0.0359. The van der Waals surface area contributed by atoms with E-state index in [0.29, 0.717) is 11.6 Å². The molecule has 6 rings (SSSR count). The Morgan fingerprint density at radius 3 is 2.55 bits per heavy atom. The third kappa shape index (κ3) is 5.48. The van der Waals surface area contributed by atoms with E-state index < -0.39 is 0 Å². The summed E-state index contributed by atoms with van der Waals surface area (Å²) in [6.45, 7) is 7.80. The average Bonchev–Trinajstić information content (AvgIpc) is 3.54. The van der Waals surface area contributed by atoms with E-state index >= 15 is 0 Å². The van der Waals surface area contributed by atoms with Crippen molar-refractivity contribution in [1.29, 1.82) is 0 Å². The molecule has 1 aliphatic rings. The summed E-state index contributed by atoms with van der Waals surface area (Å²) in [5.41, 5.74) is 6.17. The van der Waals surface area contributed by atoms with E-state index in [2.05, 4.69) is 49.8 Å². The van der Waals surface area contributed by atoms with Crippen LogP contribution < -0.4 is 0 Å². The number of morpholine rings is 1. The number of rotatable bonds is 8. The summed E-state index contributed by atoms with van der Waals surface area (Å²) in [6, 6.07) is 20.7. The van der Waals surface area contributed by atoms with Crippen LogP contribution in [0.25, 0.3) is 22.4 Å². The van der Waals surface area contributed by atoms with E-state index in [-0.39, 0.29) is 0 Å². The summed E-state index contributed by atoms with van der Waals surface area (Å²) in [7, 11) is 0. The number of aryl methyl sites for hydroxylation is 1. The number of imidazole rings is 1. The molecule has 0 N–H and O–H groups in total. The second-order valence-electron chi connectivity index (χ2n) is 9.67. The van der Waals surface area contributed by atoms with Gasteiger partial charge in [-0.1, -0.05) is 54.1 Å². The van der Waals surface area contributed by atoms with Gasteiger partial charge in [0, 0.05) is 43.9 Å². The number of benzene rings is 2. The fraction of sp³-hybridized carbons (Fsp3) is 0.310. The van der Waals surface area contributed by atoms with Crippen LogP contribution in [0.4, 0.5) is 0 Å². The van der Waals surface area contributed by atoms with Crippen LogP contribution in [0.15, 0.2) is 67.0 Å². The van der Waals surface area contributed by atoms with Crippen molar-refractivity contribution in [3.8, 4) is 11.4 Å². The van der Waals surface area contributed by atoms with Crippen LogP contribution in [0, 0.1) is 6.92 Å². The van der Waals surface area contributed by atoms with Crippen molar-refractivity contribution in [3.63, 3.8) is 0 Å². The van der Waals surface area contributed by atoms with E-state index in [1.807, 2.05) is 48.3 Å². The molecule has 0 saturated carbocycles. The van der Waals surface area contributed by atoms with Gasteiger partial charge in [0.2, 0.25) is 0 Å². The summed E-state index contributed by atoms with van der Waals surface area (Å²) in [4.78, 5) is 16.3. The van der Waals surface area contributed by atoms with Crippen molar-refractivity contribution in [1.82, 2.24) is 34.2 Å². The van der Waals surface area contributed by atoms with E-state index in [4.69, 9.17) is 26.4 Å². The van der Waals surface area contributed by atoms with Gasteiger partial charge in [0.05, 0.1) is 37.1 Å². The number of hydrogen-bond donors (Lipinski definition) is 0. The first-order chi connectivity index (χ1) is 18.6. The highest BCUT2D eigenvalue weighted by Gasteiger charge is 2.17. The van der Waals surface area contributed by atoms with Gasteiger partial charge in [-0.2, -0.15) is 5.10 Å². The van der Waals surface area contributed by atoms with Crippen LogP contribution in [-0.4, -0.2) is 67.0 Å². The highest BCUT2D eigenvalue weighted by Crippen LogP contribution is 2.22. The van der Waals surface area contributed by atoms with Crippen molar-refractivity contribution in [3.05, 3.63) is 94.8 Å². The molecule has 2 aromatic carbocycles. The summed E-state index contributed by atoms with van der Waals surface area (Å²) in [6.07, 6.45) is 2.47.